The molecule has 1 fully saturated rings. The molecule has 3 N–H and O–H groups in total. The first kappa shape index (κ1) is 16.7. The van der Waals surface area contributed by atoms with Gasteiger partial charge < -0.3 is 25.4 Å². The molecular formula is C20H26N6. The van der Waals surface area contributed by atoms with E-state index in [0.29, 0.717) is 0 Å². The highest BCUT2D eigenvalue weighted by atomic mass is 15.3. The fraction of sp³-hybridized carbons (Fsp3) is 0.350. The maximum atomic E-state index is 6.31. The lowest BCUT2D eigenvalue weighted by Gasteiger charge is -2.35. The monoisotopic (exact) mass is 350 g/mol. The minimum Gasteiger partial charge on any atom is -0.397 e. The maximum Gasteiger partial charge on any atom is 0.131 e. The smallest absolute Gasteiger partial charge is 0.131 e. The number of pyridine rings is 1. The molecule has 0 amide bonds. The molecule has 0 unspecified atom stereocenters. The summed E-state index contributed by atoms with van der Waals surface area (Å²) in [6, 6.07) is 10.4. The van der Waals surface area contributed by atoms with Crippen molar-refractivity contribution in [3.63, 3.8) is 0 Å². The summed E-state index contributed by atoms with van der Waals surface area (Å²) in [4.78, 5) is 9.38. The van der Waals surface area contributed by atoms with Gasteiger partial charge in [-0.15, -0.1) is 0 Å². The molecule has 0 aliphatic carbocycles. The summed E-state index contributed by atoms with van der Waals surface area (Å²) in [5.41, 5.74) is 10.3. The average Bonchev–Trinajstić information content (AvgIpc) is 3.04. The van der Waals surface area contributed by atoms with Crippen molar-refractivity contribution in [3.05, 3.63) is 42.7 Å². The van der Waals surface area contributed by atoms with Crippen LogP contribution in [-0.2, 0) is 7.05 Å². The molecular weight excluding hydrogens is 324 g/mol. The third-order valence-electron chi connectivity index (χ3n) is 5.25. The number of piperazine rings is 1. The van der Waals surface area contributed by atoms with E-state index in [1.165, 1.54) is 5.69 Å². The largest absolute Gasteiger partial charge is 0.397 e. The van der Waals surface area contributed by atoms with E-state index in [1.807, 2.05) is 31.6 Å². The first-order chi connectivity index (χ1) is 12.6. The Bertz CT molecular complexity index is 908. The number of nitrogens with zero attached hydrogens (tertiary/aromatic N) is 4. The predicted molar refractivity (Wildman–Crippen MR) is 109 cm³/mol. The zero-order valence-corrected chi connectivity index (χ0v) is 15.4. The Morgan fingerprint density at radius 1 is 1.12 bits per heavy atom. The van der Waals surface area contributed by atoms with E-state index in [9.17, 15) is 0 Å². The highest BCUT2D eigenvalue weighted by Gasteiger charge is 2.16. The summed E-state index contributed by atoms with van der Waals surface area (Å²) in [7, 11) is 2.02. The van der Waals surface area contributed by atoms with Gasteiger partial charge in [-0.2, -0.15) is 0 Å². The quantitative estimate of drug-likeness (QED) is 0.708. The van der Waals surface area contributed by atoms with Crippen molar-refractivity contribution >= 4 is 33.8 Å². The Morgan fingerprint density at radius 3 is 2.65 bits per heavy atom. The van der Waals surface area contributed by atoms with E-state index >= 15 is 0 Å². The highest BCUT2D eigenvalue weighted by Crippen LogP contribution is 2.29. The molecule has 0 saturated carbocycles. The molecule has 1 saturated heterocycles. The zero-order chi connectivity index (χ0) is 18.1. The van der Waals surface area contributed by atoms with Crippen LogP contribution in [0.15, 0.2) is 42.7 Å². The molecule has 6 nitrogen and oxygen atoms in total. The number of benzene rings is 1. The molecule has 1 aliphatic heterocycles. The van der Waals surface area contributed by atoms with E-state index in [4.69, 9.17) is 5.73 Å². The topological polar surface area (TPSA) is 62.3 Å². The molecule has 1 aromatic carbocycles. The second kappa shape index (κ2) is 6.88. The molecule has 0 spiro atoms. The van der Waals surface area contributed by atoms with Crippen molar-refractivity contribution in [2.24, 2.45) is 7.05 Å². The molecule has 136 valence electrons. The van der Waals surface area contributed by atoms with Crippen LogP contribution in [0.1, 0.15) is 6.92 Å². The predicted octanol–water partition coefficient (Wildman–Crippen LogP) is 3.04. The first-order valence-electron chi connectivity index (χ1n) is 9.19. The van der Waals surface area contributed by atoms with Gasteiger partial charge in [0.05, 0.1) is 23.1 Å². The highest BCUT2D eigenvalue weighted by molar-refractivity contribution is 5.84. The number of anilines is 4. The second-order valence-corrected chi connectivity index (χ2v) is 6.87. The van der Waals surface area contributed by atoms with Gasteiger partial charge in [0.25, 0.3) is 0 Å². The number of nitrogen functional groups attached to an aromatic ring is 1. The number of aryl methyl sites for hydroxylation is 1. The molecule has 0 atom stereocenters. The average molecular weight is 350 g/mol. The third-order valence-corrected chi connectivity index (χ3v) is 5.25. The van der Waals surface area contributed by atoms with Gasteiger partial charge in [-0.3, -0.25) is 0 Å². The van der Waals surface area contributed by atoms with Crippen molar-refractivity contribution < 1.29 is 0 Å². The number of aromatic nitrogens is 2. The lowest BCUT2D eigenvalue weighted by atomic mass is 10.2. The van der Waals surface area contributed by atoms with E-state index in [-0.39, 0.29) is 0 Å². The van der Waals surface area contributed by atoms with Gasteiger partial charge in [-0.05, 0) is 36.9 Å². The van der Waals surface area contributed by atoms with Crippen LogP contribution in [0.25, 0.3) is 10.9 Å². The van der Waals surface area contributed by atoms with Crippen molar-refractivity contribution in [2.75, 3.05) is 48.7 Å². The summed E-state index contributed by atoms with van der Waals surface area (Å²) in [5.74, 6) is 0.805. The fourth-order valence-electron chi connectivity index (χ4n) is 3.55. The number of fused-ring (bicyclic) bond motifs is 1. The zero-order valence-electron chi connectivity index (χ0n) is 15.4. The molecule has 4 rings (SSSR count). The van der Waals surface area contributed by atoms with Crippen molar-refractivity contribution in [2.45, 2.75) is 6.92 Å². The van der Waals surface area contributed by atoms with Gasteiger partial charge in [0, 0.05) is 50.5 Å². The Balaban J connectivity index is 1.50. The normalized spacial score (nSPS) is 15.5. The van der Waals surface area contributed by atoms with Gasteiger partial charge in [0.15, 0.2) is 0 Å². The molecule has 0 bridgehead atoms. The number of likely N-dealkylation sites (N-methyl/N-ethyl adjacent to an activating group) is 1. The number of rotatable bonds is 4. The number of nitrogens with two attached hydrogens (primary N) is 1. The minimum atomic E-state index is 0.746. The standard InChI is InChI=1S/C20H26N6/c1-3-25-8-10-26(11-9-25)16-4-5-18(17(21)13-16)23-20-12-15-6-7-24(2)19(15)14-22-20/h4-7,12-14H,3,8-11,21H2,1-2H3,(H,22,23). The van der Waals surface area contributed by atoms with Crippen LogP contribution in [0.4, 0.5) is 22.9 Å². The van der Waals surface area contributed by atoms with Gasteiger partial charge in [-0.25, -0.2) is 4.98 Å². The van der Waals surface area contributed by atoms with E-state index in [1.54, 1.807) is 0 Å². The van der Waals surface area contributed by atoms with Gasteiger partial charge >= 0.3 is 0 Å². The number of nitrogens with one attached hydrogen (secondary N) is 1. The molecule has 26 heavy (non-hydrogen) atoms. The van der Waals surface area contributed by atoms with Crippen LogP contribution < -0.4 is 16.0 Å². The Kier molecular flexibility index (Phi) is 4.42. The summed E-state index contributed by atoms with van der Waals surface area (Å²) in [5, 5.41) is 4.51. The second-order valence-electron chi connectivity index (χ2n) is 6.87. The van der Waals surface area contributed by atoms with Crippen LogP contribution in [-0.4, -0.2) is 47.2 Å². The van der Waals surface area contributed by atoms with Crippen LogP contribution in [0.2, 0.25) is 0 Å². The lowest BCUT2D eigenvalue weighted by molar-refractivity contribution is 0.271. The van der Waals surface area contributed by atoms with Crippen molar-refractivity contribution in [1.29, 1.82) is 0 Å². The molecule has 6 heteroatoms. The summed E-state index contributed by atoms with van der Waals surface area (Å²) in [6.07, 6.45) is 3.92. The van der Waals surface area contributed by atoms with Gasteiger partial charge in [0.2, 0.25) is 0 Å². The SMILES string of the molecule is CCN1CCN(c2ccc(Nc3cc4ccn(C)c4cn3)c(N)c2)CC1. The molecule has 2 aromatic heterocycles. The number of hydrogen-bond acceptors (Lipinski definition) is 5. The summed E-state index contributed by atoms with van der Waals surface area (Å²) >= 11 is 0. The van der Waals surface area contributed by atoms with Gasteiger partial charge in [0.1, 0.15) is 5.82 Å². The Labute approximate surface area is 154 Å². The van der Waals surface area contributed by atoms with Crippen LogP contribution in [0.5, 0.6) is 0 Å². The van der Waals surface area contributed by atoms with Crippen LogP contribution in [0, 0.1) is 0 Å². The van der Waals surface area contributed by atoms with E-state index in [2.05, 4.69) is 49.8 Å². The van der Waals surface area contributed by atoms with Crippen molar-refractivity contribution in [3.8, 4) is 0 Å². The first-order valence-corrected chi connectivity index (χ1v) is 9.19. The van der Waals surface area contributed by atoms with E-state index < -0.39 is 0 Å². The maximum absolute atomic E-state index is 6.31. The van der Waals surface area contributed by atoms with Crippen LogP contribution in [0.3, 0.4) is 0 Å². The number of hydrogen-bond donors (Lipinski definition) is 2. The Hall–Kier alpha value is -2.73. The lowest BCUT2D eigenvalue weighted by Crippen LogP contribution is -2.46. The molecule has 3 heterocycles. The summed E-state index contributed by atoms with van der Waals surface area (Å²) < 4.78 is 2.06. The fourth-order valence-corrected chi connectivity index (χ4v) is 3.55. The Morgan fingerprint density at radius 2 is 1.92 bits per heavy atom. The van der Waals surface area contributed by atoms with Crippen LogP contribution >= 0.6 is 0 Å². The molecule has 0 radical (unpaired) electrons. The van der Waals surface area contributed by atoms with Crippen molar-refractivity contribution in [1.82, 2.24) is 14.5 Å². The van der Waals surface area contributed by atoms with Gasteiger partial charge in [-0.1, -0.05) is 6.92 Å². The molecule has 1 aliphatic rings. The van der Waals surface area contributed by atoms with E-state index in [0.717, 1.165) is 60.8 Å². The summed E-state index contributed by atoms with van der Waals surface area (Å²) in [6.45, 7) is 7.65. The minimum absolute atomic E-state index is 0.746. The third kappa shape index (κ3) is 3.20. The molecule has 3 aromatic rings.